The van der Waals surface area contributed by atoms with Crippen LogP contribution in [0.2, 0.25) is 0 Å². The molecule has 1 N–H and O–H groups in total. The van der Waals surface area contributed by atoms with E-state index >= 15 is 0 Å². The average Bonchev–Trinajstić information content (AvgIpc) is 2.75. The third-order valence-electron chi connectivity index (χ3n) is 3.42. The summed E-state index contributed by atoms with van der Waals surface area (Å²) in [6.07, 6.45) is 0. The Morgan fingerprint density at radius 1 is 1.20 bits per heavy atom. The van der Waals surface area contributed by atoms with E-state index in [2.05, 4.69) is 32.4 Å². The van der Waals surface area contributed by atoms with Crippen molar-refractivity contribution < 1.29 is 5.11 Å². The first-order valence-electron chi connectivity index (χ1n) is 6.56. The number of aryl methyl sites for hydroxylation is 2. The number of hydrogen-bond acceptors (Lipinski definition) is 2. The molecule has 1 heterocycles. The van der Waals surface area contributed by atoms with Crippen molar-refractivity contribution in [2.75, 3.05) is 0 Å². The number of rotatable bonds is 2. The summed E-state index contributed by atoms with van der Waals surface area (Å²) >= 11 is 3.47. The minimum absolute atomic E-state index is 0.272. The van der Waals surface area contributed by atoms with E-state index in [1.54, 1.807) is 6.07 Å². The van der Waals surface area contributed by atoms with Crippen LogP contribution in [-0.4, -0.2) is 14.7 Å². The highest BCUT2D eigenvalue weighted by atomic mass is 79.9. The molecule has 0 aliphatic rings. The van der Waals surface area contributed by atoms with Gasteiger partial charge >= 0.3 is 0 Å². The fourth-order valence-corrected chi connectivity index (χ4v) is 2.81. The second-order valence-electron chi connectivity index (χ2n) is 4.83. The lowest BCUT2D eigenvalue weighted by Gasteiger charge is -2.08. The number of hydrogen-bond donors (Lipinski definition) is 1. The van der Waals surface area contributed by atoms with Crippen LogP contribution >= 0.6 is 15.9 Å². The summed E-state index contributed by atoms with van der Waals surface area (Å²) in [4.78, 5) is 4.68. The molecule has 0 spiro atoms. The van der Waals surface area contributed by atoms with E-state index in [0.29, 0.717) is 0 Å². The van der Waals surface area contributed by atoms with Crippen molar-refractivity contribution in [2.45, 2.75) is 20.4 Å². The molecule has 4 heteroatoms. The summed E-state index contributed by atoms with van der Waals surface area (Å²) < 4.78 is 3.12. The van der Waals surface area contributed by atoms with E-state index in [-0.39, 0.29) is 5.75 Å². The van der Waals surface area contributed by atoms with E-state index in [0.717, 1.165) is 39.0 Å². The lowest BCUT2D eigenvalue weighted by molar-refractivity contribution is 0.476. The van der Waals surface area contributed by atoms with Crippen LogP contribution in [0.15, 0.2) is 40.9 Å². The molecule has 1 aromatic heterocycles. The predicted molar refractivity (Wildman–Crippen MR) is 84.9 cm³/mol. The lowest BCUT2D eigenvalue weighted by atomic mass is 10.1. The number of aromatic nitrogens is 2. The van der Waals surface area contributed by atoms with Gasteiger partial charge in [0.25, 0.3) is 0 Å². The fourth-order valence-electron chi connectivity index (χ4n) is 2.46. The first-order valence-corrected chi connectivity index (χ1v) is 7.35. The lowest BCUT2D eigenvalue weighted by Crippen LogP contribution is -1.97. The number of aromatic hydroxyl groups is 1. The molecule has 0 aliphatic carbocycles. The molecule has 0 fully saturated rings. The molecular formula is C16H15BrN2O. The van der Waals surface area contributed by atoms with Crippen molar-refractivity contribution in [1.82, 2.24) is 9.55 Å². The van der Waals surface area contributed by atoms with Gasteiger partial charge in [0.2, 0.25) is 0 Å². The molecule has 102 valence electrons. The van der Waals surface area contributed by atoms with Gasteiger partial charge in [0.05, 0.1) is 16.6 Å². The maximum atomic E-state index is 10.2. The van der Waals surface area contributed by atoms with Gasteiger partial charge in [-0.3, -0.25) is 0 Å². The highest BCUT2D eigenvalue weighted by Gasteiger charge is 2.14. The Morgan fingerprint density at radius 2 is 2.00 bits per heavy atom. The molecule has 0 amide bonds. The molecular weight excluding hydrogens is 316 g/mol. The summed E-state index contributed by atoms with van der Waals surface area (Å²) in [6, 6.07) is 11.7. The van der Waals surface area contributed by atoms with Crippen molar-refractivity contribution in [3.05, 3.63) is 46.4 Å². The summed E-state index contributed by atoms with van der Waals surface area (Å²) in [5.41, 5.74) is 3.81. The molecule has 0 radical (unpaired) electrons. The van der Waals surface area contributed by atoms with E-state index in [9.17, 15) is 5.11 Å². The first-order chi connectivity index (χ1) is 9.60. The SMILES string of the molecule is CCn1c(-c2ccc(C)cc2O)nc2cc(Br)ccc21. The Kier molecular flexibility index (Phi) is 3.26. The molecule has 20 heavy (non-hydrogen) atoms. The van der Waals surface area contributed by atoms with Crippen LogP contribution in [0, 0.1) is 6.92 Å². The van der Waals surface area contributed by atoms with Gasteiger partial charge in [-0.25, -0.2) is 4.98 Å². The van der Waals surface area contributed by atoms with E-state index < -0.39 is 0 Å². The van der Waals surface area contributed by atoms with Crippen molar-refractivity contribution in [3.63, 3.8) is 0 Å². The van der Waals surface area contributed by atoms with Gasteiger partial charge in [-0.1, -0.05) is 22.0 Å². The number of nitrogens with zero attached hydrogens (tertiary/aromatic N) is 2. The zero-order valence-electron chi connectivity index (χ0n) is 11.4. The van der Waals surface area contributed by atoms with Crippen LogP contribution in [0.4, 0.5) is 0 Å². The Balaban J connectivity index is 2.30. The van der Waals surface area contributed by atoms with Crippen molar-refractivity contribution in [1.29, 1.82) is 0 Å². The molecule has 2 aromatic carbocycles. The van der Waals surface area contributed by atoms with E-state index in [1.165, 1.54) is 0 Å². The second kappa shape index (κ2) is 4.94. The molecule has 3 rings (SSSR count). The van der Waals surface area contributed by atoms with Crippen LogP contribution < -0.4 is 0 Å². The second-order valence-corrected chi connectivity index (χ2v) is 5.75. The van der Waals surface area contributed by atoms with Crippen LogP contribution in [0.1, 0.15) is 12.5 Å². The Hall–Kier alpha value is -1.81. The van der Waals surface area contributed by atoms with Gasteiger partial charge in [-0.2, -0.15) is 0 Å². The Morgan fingerprint density at radius 3 is 2.70 bits per heavy atom. The molecule has 0 unspecified atom stereocenters. The highest BCUT2D eigenvalue weighted by Crippen LogP contribution is 2.32. The first kappa shape index (κ1) is 13.2. The standard InChI is InChI=1S/C16H15BrN2O/c1-3-19-14-7-5-11(17)9-13(14)18-16(19)12-6-4-10(2)8-15(12)20/h4-9,20H,3H2,1-2H3. The Labute approximate surface area is 126 Å². The molecule has 0 bridgehead atoms. The third kappa shape index (κ3) is 2.10. The molecule has 3 aromatic rings. The molecule has 0 atom stereocenters. The van der Waals surface area contributed by atoms with Crippen LogP contribution in [0.5, 0.6) is 5.75 Å². The number of imidazole rings is 1. The van der Waals surface area contributed by atoms with Crippen LogP contribution in [0.25, 0.3) is 22.4 Å². The van der Waals surface area contributed by atoms with Gasteiger partial charge in [0, 0.05) is 11.0 Å². The highest BCUT2D eigenvalue weighted by molar-refractivity contribution is 9.10. The number of benzene rings is 2. The number of phenolic OH excluding ortho intramolecular Hbond substituents is 1. The van der Waals surface area contributed by atoms with Gasteiger partial charge in [0.15, 0.2) is 0 Å². The average molecular weight is 331 g/mol. The number of phenols is 1. The smallest absolute Gasteiger partial charge is 0.144 e. The van der Waals surface area contributed by atoms with Crippen LogP contribution in [0.3, 0.4) is 0 Å². The number of halogens is 1. The van der Waals surface area contributed by atoms with Crippen molar-refractivity contribution in [3.8, 4) is 17.1 Å². The topological polar surface area (TPSA) is 38.0 Å². The fraction of sp³-hybridized carbons (Fsp3) is 0.188. The van der Waals surface area contributed by atoms with E-state index in [1.807, 2.05) is 37.3 Å². The molecule has 3 nitrogen and oxygen atoms in total. The summed E-state index contributed by atoms with van der Waals surface area (Å²) in [6.45, 7) is 4.85. The monoisotopic (exact) mass is 330 g/mol. The van der Waals surface area contributed by atoms with Gasteiger partial charge in [-0.15, -0.1) is 0 Å². The van der Waals surface area contributed by atoms with Crippen molar-refractivity contribution >= 4 is 27.0 Å². The van der Waals surface area contributed by atoms with Gasteiger partial charge < -0.3 is 9.67 Å². The molecule has 0 saturated carbocycles. The molecule has 0 aliphatic heterocycles. The quantitative estimate of drug-likeness (QED) is 0.751. The number of fused-ring (bicyclic) bond motifs is 1. The molecule has 0 saturated heterocycles. The van der Waals surface area contributed by atoms with E-state index in [4.69, 9.17) is 0 Å². The zero-order valence-corrected chi connectivity index (χ0v) is 13.0. The maximum Gasteiger partial charge on any atom is 0.144 e. The zero-order chi connectivity index (χ0) is 14.3. The van der Waals surface area contributed by atoms with Gasteiger partial charge in [0.1, 0.15) is 11.6 Å². The Bertz CT molecular complexity index is 793. The summed E-state index contributed by atoms with van der Waals surface area (Å²) in [5, 5.41) is 10.2. The normalized spacial score (nSPS) is 11.2. The maximum absolute atomic E-state index is 10.2. The minimum Gasteiger partial charge on any atom is -0.507 e. The largest absolute Gasteiger partial charge is 0.507 e. The third-order valence-corrected chi connectivity index (χ3v) is 3.91. The van der Waals surface area contributed by atoms with Gasteiger partial charge in [-0.05, 0) is 49.7 Å². The minimum atomic E-state index is 0.272. The summed E-state index contributed by atoms with van der Waals surface area (Å²) in [5.74, 6) is 1.08. The summed E-state index contributed by atoms with van der Waals surface area (Å²) in [7, 11) is 0. The predicted octanol–water partition coefficient (Wildman–Crippen LogP) is 4.50. The van der Waals surface area contributed by atoms with Crippen LogP contribution in [-0.2, 0) is 6.54 Å². The van der Waals surface area contributed by atoms with Crippen molar-refractivity contribution in [2.24, 2.45) is 0 Å².